The zero-order chi connectivity index (χ0) is 11.4. The fraction of sp³-hybridized carbons (Fsp3) is 1.00. The second-order valence-electron chi connectivity index (χ2n) is 6.41. The van der Waals surface area contributed by atoms with E-state index in [-0.39, 0.29) is 0 Å². The van der Waals surface area contributed by atoms with Crippen LogP contribution in [0.2, 0.25) is 0 Å². The summed E-state index contributed by atoms with van der Waals surface area (Å²) in [7, 11) is 0. The molecular formula is C14H28N2. The highest BCUT2D eigenvalue weighted by atomic mass is 14.9. The average molecular weight is 224 g/mol. The summed E-state index contributed by atoms with van der Waals surface area (Å²) in [6.07, 6.45) is 7.01. The highest BCUT2D eigenvalue weighted by molar-refractivity contribution is 4.85. The molecule has 0 aromatic carbocycles. The molecule has 2 aliphatic heterocycles. The molecule has 0 atom stereocenters. The van der Waals surface area contributed by atoms with Gasteiger partial charge in [0.25, 0.3) is 0 Å². The molecule has 2 heterocycles. The van der Waals surface area contributed by atoms with E-state index in [1.165, 1.54) is 58.3 Å². The summed E-state index contributed by atoms with van der Waals surface area (Å²) in [6.45, 7) is 9.97. The standard InChI is InChI=1S/C14H28N2/c1-14(2,13-5-9-16-10-6-13)11-12-3-7-15-8-4-12/h12-13,15-16H,3-11H2,1-2H3. The van der Waals surface area contributed by atoms with Crippen molar-refractivity contribution in [3.8, 4) is 0 Å². The third-order valence-electron chi connectivity index (χ3n) is 4.72. The van der Waals surface area contributed by atoms with Gasteiger partial charge < -0.3 is 10.6 Å². The Bertz CT molecular complexity index is 201. The SMILES string of the molecule is CC(C)(CC1CCNCC1)C1CCNCC1. The Labute approximate surface area is 101 Å². The van der Waals surface area contributed by atoms with Gasteiger partial charge in [-0.2, -0.15) is 0 Å². The lowest BCUT2D eigenvalue weighted by Gasteiger charge is -2.40. The Hall–Kier alpha value is -0.0800. The van der Waals surface area contributed by atoms with Gasteiger partial charge in [0.1, 0.15) is 0 Å². The van der Waals surface area contributed by atoms with Gasteiger partial charge in [-0.25, -0.2) is 0 Å². The van der Waals surface area contributed by atoms with Crippen molar-refractivity contribution in [3.63, 3.8) is 0 Å². The van der Waals surface area contributed by atoms with Crippen LogP contribution < -0.4 is 10.6 Å². The summed E-state index contributed by atoms with van der Waals surface area (Å²) in [5.41, 5.74) is 0.560. The smallest absolute Gasteiger partial charge is 0.00461 e. The fourth-order valence-corrected chi connectivity index (χ4v) is 3.60. The molecule has 2 saturated heterocycles. The topological polar surface area (TPSA) is 24.1 Å². The molecule has 94 valence electrons. The summed E-state index contributed by atoms with van der Waals surface area (Å²) in [4.78, 5) is 0. The summed E-state index contributed by atoms with van der Waals surface area (Å²) < 4.78 is 0. The van der Waals surface area contributed by atoms with Crippen LogP contribution in [0.5, 0.6) is 0 Å². The zero-order valence-corrected chi connectivity index (χ0v) is 11.0. The molecule has 2 rings (SSSR count). The van der Waals surface area contributed by atoms with Crippen LogP contribution >= 0.6 is 0 Å². The summed E-state index contributed by atoms with van der Waals surface area (Å²) in [5, 5.41) is 6.95. The lowest BCUT2D eigenvalue weighted by atomic mass is 9.68. The van der Waals surface area contributed by atoms with Crippen LogP contribution in [0, 0.1) is 17.3 Å². The molecular weight excluding hydrogens is 196 g/mol. The van der Waals surface area contributed by atoms with Crippen LogP contribution in [0.25, 0.3) is 0 Å². The van der Waals surface area contributed by atoms with Gasteiger partial charge in [-0.05, 0) is 75.5 Å². The summed E-state index contributed by atoms with van der Waals surface area (Å²) in [6, 6.07) is 0. The first-order chi connectivity index (χ1) is 7.68. The van der Waals surface area contributed by atoms with Crippen LogP contribution in [0.15, 0.2) is 0 Å². The monoisotopic (exact) mass is 224 g/mol. The second-order valence-corrected chi connectivity index (χ2v) is 6.41. The zero-order valence-electron chi connectivity index (χ0n) is 11.0. The molecule has 0 aromatic rings. The van der Waals surface area contributed by atoms with Crippen molar-refractivity contribution >= 4 is 0 Å². The third-order valence-corrected chi connectivity index (χ3v) is 4.72. The first-order valence-electron chi connectivity index (χ1n) is 7.10. The van der Waals surface area contributed by atoms with Gasteiger partial charge in [-0.15, -0.1) is 0 Å². The molecule has 16 heavy (non-hydrogen) atoms. The largest absolute Gasteiger partial charge is 0.317 e. The number of rotatable bonds is 3. The van der Waals surface area contributed by atoms with Crippen molar-refractivity contribution in [2.75, 3.05) is 26.2 Å². The van der Waals surface area contributed by atoms with E-state index in [4.69, 9.17) is 0 Å². The van der Waals surface area contributed by atoms with Gasteiger partial charge in [0.15, 0.2) is 0 Å². The normalized spacial score (nSPS) is 25.9. The fourth-order valence-electron chi connectivity index (χ4n) is 3.60. The number of hydrogen-bond donors (Lipinski definition) is 2. The maximum absolute atomic E-state index is 3.48. The molecule has 2 N–H and O–H groups in total. The van der Waals surface area contributed by atoms with E-state index < -0.39 is 0 Å². The quantitative estimate of drug-likeness (QED) is 0.769. The van der Waals surface area contributed by atoms with E-state index in [0.29, 0.717) is 5.41 Å². The van der Waals surface area contributed by atoms with Gasteiger partial charge in [0.05, 0.1) is 0 Å². The van der Waals surface area contributed by atoms with E-state index in [9.17, 15) is 0 Å². The van der Waals surface area contributed by atoms with Gasteiger partial charge in [0, 0.05) is 0 Å². The molecule has 2 aliphatic rings. The Kier molecular flexibility index (Phi) is 4.26. The predicted molar refractivity (Wildman–Crippen MR) is 69.6 cm³/mol. The van der Waals surface area contributed by atoms with Crippen LogP contribution in [0.1, 0.15) is 46.0 Å². The predicted octanol–water partition coefficient (Wildman–Crippen LogP) is 2.40. The molecule has 0 saturated carbocycles. The first-order valence-corrected chi connectivity index (χ1v) is 7.10. The maximum atomic E-state index is 3.48. The number of hydrogen-bond acceptors (Lipinski definition) is 2. The molecule has 2 fully saturated rings. The summed E-state index contributed by atoms with van der Waals surface area (Å²) in [5.74, 6) is 1.93. The second kappa shape index (κ2) is 5.50. The van der Waals surface area contributed by atoms with Crippen molar-refractivity contribution in [3.05, 3.63) is 0 Å². The molecule has 0 aromatic heterocycles. The molecule has 0 bridgehead atoms. The molecule has 2 heteroatoms. The third kappa shape index (κ3) is 3.21. The van der Waals surface area contributed by atoms with E-state index in [0.717, 1.165) is 11.8 Å². The van der Waals surface area contributed by atoms with E-state index in [2.05, 4.69) is 24.5 Å². The van der Waals surface area contributed by atoms with Crippen LogP contribution in [-0.2, 0) is 0 Å². The van der Waals surface area contributed by atoms with E-state index >= 15 is 0 Å². The first kappa shape index (κ1) is 12.4. The highest BCUT2D eigenvalue weighted by Crippen LogP contribution is 2.40. The van der Waals surface area contributed by atoms with Gasteiger partial charge in [0.2, 0.25) is 0 Å². The van der Waals surface area contributed by atoms with Crippen molar-refractivity contribution < 1.29 is 0 Å². The van der Waals surface area contributed by atoms with Gasteiger partial charge in [-0.1, -0.05) is 13.8 Å². The number of nitrogens with one attached hydrogen (secondary N) is 2. The highest BCUT2D eigenvalue weighted by Gasteiger charge is 2.32. The maximum Gasteiger partial charge on any atom is -0.00461 e. The molecule has 0 radical (unpaired) electrons. The molecule has 0 unspecified atom stereocenters. The summed E-state index contributed by atoms with van der Waals surface area (Å²) >= 11 is 0. The molecule has 0 amide bonds. The van der Waals surface area contributed by atoms with E-state index in [1.807, 2.05) is 0 Å². The molecule has 0 aliphatic carbocycles. The molecule has 2 nitrogen and oxygen atoms in total. The van der Waals surface area contributed by atoms with Gasteiger partial charge >= 0.3 is 0 Å². The van der Waals surface area contributed by atoms with Crippen molar-refractivity contribution in [2.24, 2.45) is 17.3 Å². The average Bonchev–Trinajstić information content (AvgIpc) is 2.31. The van der Waals surface area contributed by atoms with Crippen molar-refractivity contribution in [1.82, 2.24) is 10.6 Å². The minimum absolute atomic E-state index is 0.560. The van der Waals surface area contributed by atoms with Gasteiger partial charge in [-0.3, -0.25) is 0 Å². The van der Waals surface area contributed by atoms with Crippen LogP contribution in [0.4, 0.5) is 0 Å². The Morgan fingerprint density at radius 1 is 0.875 bits per heavy atom. The van der Waals surface area contributed by atoms with Crippen molar-refractivity contribution in [1.29, 1.82) is 0 Å². The Balaban J connectivity index is 1.84. The number of piperidine rings is 2. The van der Waals surface area contributed by atoms with Crippen molar-refractivity contribution in [2.45, 2.75) is 46.0 Å². The Morgan fingerprint density at radius 2 is 1.38 bits per heavy atom. The lowest BCUT2D eigenvalue weighted by molar-refractivity contribution is 0.117. The van der Waals surface area contributed by atoms with Crippen LogP contribution in [0.3, 0.4) is 0 Å². The minimum Gasteiger partial charge on any atom is -0.317 e. The minimum atomic E-state index is 0.560. The van der Waals surface area contributed by atoms with E-state index in [1.54, 1.807) is 0 Å². The molecule has 0 spiro atoms. The lowest BCUT2D eigenvalue weighted by Crippen LogP contribution is -2.38. The van der Waals surface area contributed by atoms with Crippen LogP contribution in [-0.4, -0.2) is 26.2 Å². The Morgan fingerprint density at radius 3 is 1.94 bits per heavy atom.